The quantitative estimate of drug-likeness (QED) is 0.735. The van der Waals surface area contributed by atoms with E-state index in [2.05, 4.69) is 37.9 Å². The minimum absolute atomic E-state index is 0.701. The van der Waals surface area contributed by atoms with Gasteiger partial charge >= 0.3 is 0 Å². The van der Waals surface area contributed by atoms with Crippen molar-refractivity contribution in [3.8, 4) is 0 Å². The molecule has 17 heavy (non-hydrogen) atoms. The molecule has 0 aromatic rings. The minimum Gasteiger partial charge on any atom is -0.311 e. The molecule has 1 rings (SSSR count). The van der Waals surface area contributed by atoms with E-state index >= 15 is 0 Å². The molecule has 0 saturated carbocycles. The van der Waals surface area contributed by atoms with Crippen LogP contribution in [-0.2, 0) is 0 Å². The monoisotopic (exact) mass is 240 g/mol. The Morgan fingerprint density at radius 3 is 2.65 bits per heavy atom. The van der Waals surface area contributed by atoms with Crippen LogP contribution < -0.4 is 5.32 Å². The summed E-state index contributed by atoms with van der Waals surface area (Å²) in [5.74, 6) is 1.68. The highest BCUT2D eigenvalue weighted by Crippen LogP contribution is 2.16. The highest BCUT2D eigenvalue weighted by molar-refractivity contribution is 4.81. The molecule has 0 spiro atoms. The molecule has 0 amide bonds. The zero-order valence-electron chi connectivity index (χ0n) is 12.3. The van der Waals surface area contributed by atoms with E-state index in [1.165, 1.54) is 51.9 Å². The van der Waals surface area contributed by atoms with Crippen LogP contribution in [0.2, 0.25) is 0 Å². The van der Waals surface area contributed by atoms with Gasteiger partial charge in [-0.25, -0.2) is 0 Å². The summed E-state index contributed by atoms with van der Waals surface area (Å²) in [5.41, 5.74) is 0. The average Bonchev–Trinajstić information content (AvgIpc) is 2.34. The number of piperazine rings is 1. The molecule has 0 bridgehead atoms. The van der Waals surface area contributed by atoms with Crippen LogP contribution in [-0.4, -0.2) is 37.1 Å². The van der Waals surface area contributed by atoms with E-state index in [0.29, 0.717) is 6.04 Å². The summed E-state index contributed by atoms with van der Waals surface area (Å²) in [6, 6.07) is 0.701. The molecule has 2 atom stereocenters. The van der Waals surface area contributed by atoms with Gasteiger partial charge in [0.1, 0.15) is 0 Å². The Kier molecular flexibility index (Phi) is 7.14. The van der Waals surface area contributed by atoms with Crippen molar-refractivity contribution >= 4 is 0 Å². The van der Waals surface area contributed by atoms with Crippen LogP contribution >= 0.6 is 0 Å². The van der Waals surface area contributed by atoms with Gasteiger partial charge in [0.25, 0.3) is 0 Å². The third-order valence-electron chi connectivity index (χ3n) is 4.15. The number of hydrogen-bond donors (Lipinski definition) is 1. The number of rotatable bonds is 7. The Bertz CT molecular complexity index is 191. The van der Waals surface area contributed by atoms with Crippen LogP contribution in [0.5, 0.6) is 0 Å². The van der Waals surface area contributed by atoms with Gasteiger partial charge in [-0.1, -0.05) is 47.0 Å². The van der Waals surface area contributed by atoms with Crippen molar-refractivity contribution in [3.05, 3.63) is 0 Å². The Hall–Kier alpha value is -0.0800. The largest absolute Gasteiger partial charge is 0.311 e. The van der Waals surface area contributed by atoms with Crippen molar-refractivity contribution in [3.63, 3.8) is 0 Å². The third-order valence-corrected chi connectivity index (χ3v) is 4.15. The van der Waals surface area contributed by atoms with Gasteiger partial charge in [0.05, 0.1) is 0 Å². The van der Waals surface area contributed by atoms with Crippen molar-refractivity contribution in [1.29, 1.82) is 0 Å². The summed E-state index contributed by atoms with van der Waals surface area (Å²) < 4.78 is 0. The van der Waals surface area contributed by atoms with Crippen molar-refractivity contribution in [2.24, 2.45) is 11.8 Å². The number of nitrogens with zero attached hydrogens (tertiary/aromatic N) is 1. The summed E-state index contributed by atoms with van der Waals surface area (Å²) in [6.45, 7) is 14.3. The maximum absolute atomic E-state index is 3.64. The predicted molar refractivity (Wildman–Crippen MR) is 76.4 cm³/mol. The lowest BCUT2D eigenvalue weighted by Gasteiger charge is -2.37. The van der Waals surface area contributed by atoms with Gasteiger partial charge < -0.3 is 10.2 Å². The van der Waals surface area contributed by atoms with E-state index in [1.807, 2.05) is 0 Å². The molecular formula is C15H32N2. The highest BCUT2D eigenvalue weighted by Gasteiger charge is 2.23. The molecular weight excluding hydrogens is 208 g/mol. The van der Waals surface area contributed by atoms with Gasteiger partial charge in [-0.3, -0.25) is 0 Å². The van der Waals surface area contributed by atoms with Crippen molar-refractivity contribution in [2.45, 2.75) is 59.4 Å². The molecule has 102 valence electrons. The van der Waals surface area contributed by atoms with Gasteiger partial charge in [0, 0.05) is 32.2 Å². The molecule has 2 nitrogen and oxygen atoms in total. The summed E-state index contributed by atoms with van der Waals surface area (Å²) in [7, 11) is 0. The molecule has 0 aromatic carbocycles. The Labute approximate surface area is 108 Å². The van der Waals surface area contributed by atoms with Gasteiger partial charge in [-0.15, -0.1) is 0 Å². The second-order valence-electron chi connectivity index (χ2n) is 5.98. The summed E-state index contributed by atoms with van der Waals surface area (Å²) in [5, 5.41) is 3.64. The van der Waals surface area contributed by atoms with Gasteiger partial charge in [0.15, 0.2) is 0 Å². The zero-order valence-corrected chi connectivity index (χ0v) is 12.3. The highest BCUT2D eigenvalue weighted by atomic mass is 15.2. The van der Waals surface area contributed by atoms with E-state index in [1.54, 1.807) is 0 Å². The topological polar surface area (TPSA) is 15.3 Å². The molecule has 1 heterocycles. The fourth-order valence-corrected chi connectivity index (χ4v) is 2.74. The summed E-state index contributed by atoms with van der Waals surface area (Å²) in [4.78, 5) is 2.69. The first-order chi connectivity index (χ1) is 8.17. The lowest BCUT2D eigenvalue weighted by Crippen LogP contribution is -2.53. The van der Waals surface area contributed by atoms with Crippen molar-refractivity contribution < 1.29 is 0 Å². The first-order valence-corrected chi connectivity index (χ1v) is 7.63. The molecule has 0 aliphatic carbocycles. The first kappa shape index (κ1) is 15.0. The maximum atomic E-state index is 3.64. The number of unbranched alkanes of at least 4 members (excludes halogenated alkanes) is 1. The van der Waals surface area contributed by atoms with E-state index in [4.69, 9.17) is 0 Å². The fourth-order valence-electron chi connectivity index (χ4n) is 2.74. The van der Waals surface area contributed by atoms with Crippen LogP contribution in [0.15, 0.2) is 0 Å². The fraction of sp³-hybridized carbons (Fsp3) is 1.00. The molecule has 1 aliphatic heterocycles. The molecule has 0 radical (unpaired) electrons. The van der Waals surface area contributed by atoms with E-state index in [-0.39, 0.29) is 0 Å². The third kappa shape index (κ3) is 5.39. The summed E-state index contributed by atoms with van der Waals surface area (Å²) in [6.07, 6.45) is 5.50. The van der Waals surface area contributed by atoms with Crippen molar-refractivity contribution in [2.75, 3.05) is 26.2 Å². The van der Waals surface area contributed by atoms with Crippen LogP contribution in [0.25, 0.3) is 0 Å². The standard InChI is InChI=1S/C15H32N2/c1-5-7-8-14(6-2)11-17-10-9-16-15(12-17)13(3)4/h13-16H,5-12H2,1-4H3. The second-order valence-corrected chi connectivity index (χ2v) is 5.98. The smallest absolute Gasteiger partial charge is 0.0218 e. The van der Waals surface area contributed by atoms with E-state index in [0.717, 1.165) is 11.8 Å². The van der Waals surface area contributed by atoms with Crippen molar-refractivity contribution in [1.82, 2.24) is 10.2 Å². The van der Waals surface area contributed by atoms with Gasteiger partial charge in [0.2, 0.25) is 0 Å². The zero-order chi connectivity index (χ0) is 12.7. The molecule has 1 aliphatic rings. The Morgan fingerprint density at radius 2 is 2.06 bits per heavy atom. The summed E-state index contributed by atoms with van der Waals surface area (Å²) >= 11 is 0. The molecule has 1 N–H and O–H groups in total. The van der Waals surface area contributed by atoms with Crippen LogP contribution in [0, 0.1) is 11.8 Å². The SMILES string of the molecule is CCCCC(CC)CN1CCNC(C(C)C)C1. The normalized spacial score (nSPS) is 24.2. The maximum Gasteiger partial charge on any atom is 0.0218 e. The first-order valence-electron chi connectivity index (χ1n) is 7.63. The average molecular weight is 240 g/mol. The molecule has 1 fully saturated rings. The van der Waals surface area contributed by atoms with E-state index < -0.39 is 0 Å². The predicted octanol–water partition coefficient (Wildman–Crippen LogP) is 3.13. The molecule has 2 unspecified atom stereocenters. The number of hydrogen-bond acceptors (Lipinski definition) is 2. The molecule has 0 aromatic heterocycles. The van der Waals surface area contributed by atoms with Gasteiger partial charge in [-0.05, 0) is 18.3 Å². The van der Waals surface area contributed by atoms with E-state index in [9.17, 15) is 0 Å². The van der Waals surface area contributed by atoms with Gasteiger partial charge in [-0.2, -0.15) is 0 Å². The lowest BCUT2D eigenvalue weighted by molar-refractivity contribution is 0.148. The van der Waals surface area contributed by atoms with Crippen LogP contribution in [0.4, 0.5) is 0 Å². The minimum atomic E-state index is 0.701. The molecule has 2 heteroatoms. The lowest BCUT2D eigenvalue weighted by atomic mass is 9.96. The Balaban J connectivity index is 2.33. The second kappa shape index (κ2) is 8.10. The molecule has 1 saturated heterocycles. The van der Waals surface area contributed by atoms with Crippen LogP contribution in [0.1, 0.15) is 53.4 Å². The Morgan fingerprint density at radius 1 is 1.29 bits per heavy atom. The number of nitrogens with one attached hydrogen (secondary N) is 1. The van der Waals surface area contributed by atoms with Crippen LogP contribution in [0.3, 0.4) is 0 Å².